The molecule has 38 valence electrons. The number of rotatable bonds is 0. The first-order chi connectivity index (χ1) is 3.29. The second-order valence-corrected chi connectivity index (χ2v) is 2.45. The van der Waals surface area contributed by atoms with Crippen molar-refractivity contribution in [2.45, 2.75) is 0 Å². The van der Waals surface area contributed by atoms with E-state index in [0.717, 1.165) is 3.83 Å². The Balaban J connectivity index is 3.04. The first-order valence-corrected chi connectivity index (χ1v) is 3.11. The van der Waals surface area contributed by atoms with Gasteiger partial charge >= 0.3 is 0 Å². The summed E-state index contributed by atoms with van der Waals surface area (Å²) in [5, 5.41) is 0.587. The Morgan fingerprint density at radius 3 is 2.71 bits per heavy atom. The topological polar surface area (TPSA) is 28.7 Å². The number of aromatic amines is 1. The highest BCUT2D eigenvalue weighted by Gasteiger charge is 1.87. The molecule has 0 saturated heterocycles. The van der Waals surface area contributed by atoms with E-state index in [4.69, 9.17) is 11.6 Å². The molecule has 0 saturated carbocycles. The van der Waals surface area contributed by atoms with E-state index in [-0.39, 0.29) is 0 Å². The average molecular weight is 228 g/mol. The summed E-state index contributed by atoms with van der Waals surface area (Å²) in [5.41, 5.74) is 0. The molecule has 7 heavy (non-hydrogen) atoms. The molecule has 1 aromatic heterocycles. The molecule has 0 radical (unpaired) electrons. The van der Waals surface area contributed by atoms with Gasteiger partial charge < -0.3 is 4.98 Å². The number of imidazole rings is 1. The maximum Gasteiger partial charge on any atom is 0.169 e. The first kappa shape index (κ1) is 5.37. The lowest BCUT2D eigenvalue weighted by atomic mass is 11.0. The maximum atomic E-state index is 5.44. The van der Waals surface area contributed by atoms with Gasteiger partial charge in [-0.25, -0.2) is 4.98 Å². The molecule has 0 aliphatic heterocycles. The van der Waals surface area contributed by atoms with Crippen LogP contribution in [0, 0.1) is 3.83 Å². The number of hydrogen-bond acceptors (Lipinski definition) is 1. The van der Waals surface area contributed by atoms with Crippen LogP contribution in [-0.4, -0.2) is 9.97 Å². The molecule has 0 fully saturated rings. The third kappa shape index (κ3) is 1.31. The van der Waals surface area contributed by atoms with Crippen LogP contribution in [0.2, 0.25) is 5.15 Å². The van der Waals surface area contributed by atoms with E-state index >= 15 is 0 Å². The molecule has 1 aromatic rings. The van der Waals surface area contributed by atoms with E-state index in [1.807, 2.05) is 22.6 Å². The molecule has 0 bridgehead atoms. The highest BCUT2D eigenvalue weighted by molar-refractivity contribution is 14.1. The number of nitrogens with zero attached hydrogens (tertiary/aromatic N) is 1. The van der Waals surface area contributed by atoms with Crippen molar-refractivity contribution in [2.75, 3.05) is 0 Å². The van der Waals surface area contributed by atoms with Gasteiger partial charge in [-0.1, -0.05) is 11.6 Å². The van der Waals surface area contributed by atoms with Crippen LogP contribution >= 0.6 is 34.2 Å². The van der Waals surface area contributed by atoms with E-state index in [0.29, 0.717) is 5.15 Å². The van der Waals surface area contributed by atoms with Crippen molar-refractivity contribution < 1.29 is 0 Å². The van der Waals surface area contributed by atoms with Gasteiger partial charge in [-0.3, -0.25) is 0 Å². The highest BCUT2D eigenvalue weighted by atomic mass is 127. The molecule has 0 spiro atoms. The molecule has 0 aliphatic carbocycles. The fraction of sp³-hybridized carbons (Fsp3) is 0. The minimum Gasteiger partial charge on any atom is -0.324 e. The molecule has 1 rings (SSSR count). The molecule has 4 heteroatoms. The van der Waals surface area contributed by atoms with Gasteiger partial charge in [-0.2, -0.15) is 0 Å². The van der Waals surface area contributed by atoms with Gasteiger partial charge in [0, 0.05) is 0 Å². The monoisotopic (exact) mass is 228 g/mol. The van der Waals surface area contributed by atoms with Crippen LogP contribution in [0.25, 0.3) is 0 Å². The largest absolute Gasteiger partial charge is 0.324 e. The van der Waals surface area contributed by atoms with Crippen LogP contribution in [0.3, 0.4) is 0 Å². The molecule has 0 amide bonds. The van der Waals surface area contributed by atoms with Crippen molar-refractivity contribution in [3.63, 3.8) is 0 Å². The van der Waals surface area contributed by atoms with E-state index in [1.54, 1.807) is 6.20 Å². The third-order valence-corrected chi connectivity index (χ3v) is 1.25. The second kappa shape index (κ2) is 2.00. The summed E-state index contributed by atoms with van der Waals surface area (Å²) in [7, 11) is 0. The Morgan fingerprint density at radius 2 is 2.57 bits per heavy atom. The van der Waals surface area contributed by atoms with Crippen molar-refractivity contribution in [3.05, 3.63) is 15.2 Å². The van der Waals surface area contributed by atoms with Gasteiger partial charge in [0.1, 0.15) is 5.15 Å². The highest BCUT2D eigenvalue weighted by Crippen LogP contribution is 2.03. The SMILES string of the molecule is Clc1cnc(I)[nH]1. The van der Waals surface area contributed by atoms with Crippen LogP contribution in [-0.2, 0) is 0 Å². The zero-order valence-electron chi connectivity index (χ0n) is 3.28. The Hall–Kier alpha value is 0.230. The molecule has 1 N–H and O–H groups in total. The van der Waals surface area contributed by atoms with Crippen LogP contribution in [0.1, 0.15) is 0 Å². The van der Waals surface area contributed by atoms with E-state index in [9.17, 15) is 0 Å². The Morgan fingerprint density at radius 1 is 1.86 bits per heavy atom. The van der Waals surface area contributed by atoms with Crippen molar-refractivity contribution in [3.8, 4) is 0 Å². The summed E-state index contributed by atoms with van der Waals surface area (Å²) in [6.07, 6.45) is 1.57. The van der Waals surface area contributed by atoms with Gasteiger partial charge in [-0.05, 0) is 22.6 Å². The fourth-order valence-electron chi connectivity index (χ4n) is 0.276. The van der Waals surface area contributed by atoms with Crippen molar-refractivity contribution in [1.29, 1.82) is 0 Å². The normalized spacial score (nSPS) is 9.43. The van der Waals surface area contributed by atoms with Gasteiger partial charge in [0.15, 0.2) is 3.83 Å². The molecule has 1 heterocycles. The van der Waals surface area contributed by atoms with Crippen molar-refractivity contribution in [1.82, 2.24) is 9.97 Å². The zero-order valence-corrected chi connectivity index (χ0v) is 6.19. The van der Waals surface area contributed by atoms with Crippen LogP contribution in [0.15, 0.2) is 6.20 Å². The van der Waals surface area contributed by atoms with Gasteiger partial charge in [-0.15, -0.1) is 0 Å². The van der Waals surface area contributed by atoms with E-state index in [1.165, 1.54) is 0 Å². The van der Waals surface area contributed by atoms with Crippen molar-refractivity contribution >= 4 is 34.2 Å². The quantitative estimate of drug-likeness (QED) is 0.672. The number of nitrogens with one attached hydrogen (secondary N) is 1. The minimum atomic E-state index is 0.587. The Kier molecular flexibility index (Phi) is 1.53. The lowest BCUT2D eigenvalue weighted by Gasteiger charge is -1.70. The van der Waals surface area contributed by atoms with Gasteiger partial charge in [0.05, 0.1) is 6.20 Å². The lowest BCUT2D eigenvalue weighted by molar-refractivity contribution is 1.23. The third-order valence-electron chi connectivity index (χ3n) is 0.514. The van der Waals surface area contributed by atoms with Crippen LogP contribution in [0.4, 0.5) is 0 Å². The predicted octanol–water partition coefficient (Wildman–Crippen LogP) is 1.67. The summed E-state index contributed by atoms with van der Waals surface area (Å²) in [4.78, 5) is 6.60. The first-order valence-electron chi connectivity index (χ1n) is 1.65. The maximum absolute atomic E-state index is 5.44. The molecular weight excluding hydrogens is 226 g/mol. The molecule has 0 aromatic carbocycles. The number of hydrogen-bond donors (Lipinski definition) is 1. The van der Waals surface area contributed by atoms with Crippen molar-refractivity contribution in [2.24, 2.45) is 0 Å². The van der Waals surface area contributed by atoms with Crippen LogP contribution < -0.4 is 0 Å². The molecular formula is C3H2ClIN2. The second-order valence-electron chi connectivity index (χ2n) is 1.02. The molecule has 0 unspecified atom stereocenters. The standard InChI is InChI=1S/C3H2ClIN2/c4-2-1-6-3(5)7-2/h1H,(H,6,7). The Bertz CT molecular complexity index is 145. The Labute approximate surface area is 59.4 Å². The minimum absolute atomic E-state index is 0.587. The summed E-state index contributed by atoms with van der Waals surface area (Å²) in [6, 6.07) is 0. The number of halogens is 2. The zero-order chi connectivity index (χ0) is 5.28. The average Bonchev–Trinajstić information content (AvgIpc) is 1.87. The smallest absolute Gasteiger partial charge is 0.169 e. The number of aromatic nitrogens is 2. The number of H-pyrrole nitrogens is 1. The summed E-state index contributed by atoms with van der Waals surface area (Å²) < 4.78 is 0.822. The summed E-state index contributed by atoms with van der Waals surface area (Å²) in [6.45, 7) is 0. The van der Waals surface area contributed by atoms with Gasteiger partial charge in [0.25, 0.3) is 0 Å². The predicted molar refractivity (Wildman–Crippen MR) is 36.3 cm³/mol. The molecule has 0 aliphatic rings. The molecule has 0 atom stereocenters. The van der Waals surface area contributed by atoms with E-state index < -0.39 is 0 Å². The van der Waals surface area contributed by atoms with Crippen LogP contribution in [0.5, 0.6) is 0 Å². The summed E-state index contributed by atoms with van der Waals surface area (Å²) >= 11 is 7.49. The van der Waals surface area contributed by atoms with E-state index in [2.05, 4.69) is 9.97 Å². The lowest BCUT2D eigenvalue weighted by Crippen LogP contribution is -1.66. The molecule has 2 nitrogen and oxygen atoms in total. The van der Waals surface area contributed by atoms with Gasteiger partial charge in [0.2, 0.25) is 0 Å². The summed E-state index contributed by atoms with van der Waals surface area (Å²) in [5.74, 6) is 0. The fourth-order valence-corrected chi connectivity index (χ4v) is 1.00.